The van der Waals surface area contributed by atoms with Crippen LogP contribution in [0, 0.1) is 22.6 Å². The van der Waals surface area contributed by atoms with E-state index in [1.54, 1.807) is 88.4 Å². The van der Waals surface area contributed by atoms with Gasteiger partial charge in [0.1, 0.15) is 35.8 Å². The van der Waals surface area contributed by atoms with Gasteiger partial charge >= 0.3 is 29.8 Å². The minimum Gasteiger partial charge on any atom is -0.455 e. The van der Waals surface area contributed by atoms with Crippen LogP contribution in [0.25, 0.3) is 0 Å². The molecule has 1 aliphatic heterocycles. The maximum Gasteiger partial charge on any atom is 0.350 e. The highest BCUT2D eigenvalue weighted by Crippen LogP contribution is 2.65. The number of carbonyl (C=O) groups is 7. The van der Waals surface area contributed by atoms with Crippen molar-refractivity contribution in [3.8, 4) is 0 Å². The fraction of sp³-hybridized carbons (Fsp3) is 0.491. The zero-order valence-corrected chi connectivity index (χ0v) is 41.5. The van der Waals surface area contributed by atoms with E-state index >= 15 is 9.59 Å². The quantitative estimate of drug-likeness (QED) is 0.0632. The first-order chi connectivity index (χ1) is 33.7. The highest BCUT2D eigenvalue weighted by atomic mass is 32.1. The molecule has 11 atom stereocenters. The van der Waals surface area contributed by atoms with Crippen LogP contribution in [-0.2, 0) is 57.1 Å². The van der Waals surface area contributed by atoms with E-state index in [1.807, 2.05) is 0 Å². The van der Waals surface area contributed by atoms with Gasteiger partial charge in [-0.05, 0) is 73.9 Å². The van der Waals surface area contributed by atoms with E-state index in [-0.39, 0.29) is 60.5 Å². The van der Waals surface area contributed by atoms with Gasteiger partial charge in [-0.1, -0.05) is 69.3 Å². The molecule has 71 heavy (non-hydrogen) atoms. The van der Waals surface area contributed by atoms with Crippen molar-refractivity contribution < 1.29 is 76.2 Å². The summed E-state index contributed by atoms with van der Waals surface area (Å²) in [6.07, 6.45) is -10.2. The van der Waals surface area contributed by atoms with Gasteiger partial charge in [0.05, 0.1) is 36.0 Å². The van der Waals surface area contributed by atoms with E-state index in [0.717, 1.165) is 19.1 Å². The van der Waals surface area contributed by atoms with Gasteiger partial charge in [-0.25, -0.2) is 14.0 Å². The minimum absolute atomic E-state index is 0.00253. The van der Waals surface area contributed by atoms with Gasteiger partial charge in [0, 0.05) is 49.5 Å². The molecule has 380 valence electrons. The summed E-state index contributed by atoms with van der Waals surface area (Å²) in [7, 11) is 0. The summed E-state index contributed by atoms with van der Waals surface area (Å²) in [4.78, 5) is 100. The fourth-order valence-electron chi connectivity index (χ4n) is 11.1. The summed E-state index contributed by atoms with van der Waals surface area (Å²) in [6.45, 7) is 10.4. The average Bonchev–Trinajstić information content (AvgIpc) is 3.33. The summed E-state index contributed by atoms with van der Waals surface area (Å²) in [6, 6.07) is 19.5. The number of amides is 1. The molecule has 18 heteroatoms. The zero-order valence-electron chi connectivity index (χ0n) is 40.6. The van der Waals surface area contributed by atoms with E-state index in [2.05, 4.69) is 17.9 Å². The number of benzene rings is 3. The summed E-state index contributed by atoms with van der Waals surface area (Å²) in [5.74, 6) is -8.24. The molecular formula is C53H60FNO15S. The number of ketones is 1. The molecule has 0 radical (unpaired) electrons. The van der Waals surface area contributed by atoms with Crippen molar-refractivity contribution in [3.05, 3.63) is 119 Å². The molecule has 2 saturated carbocycles. The lowest BCUT2D eigenvalue weighted by Crippen LogP contribution is -2.82. The minimum atomic E-state index is -2.47. The molecule has 2 N–H and O–H groups in total. The second kappa shape index (κ2) is 21.0. The van der Waals surface area contributed by atoms with Crippen LogP contribution in [0.3, 0.4) is 0 Å². The molecule has 3 aromatic carbocycles. The second-order valence-corrected chi connectivity index (χ2v) is 19.5. The molecule has 3 fully saturated rings. The first-order valence-electron chi connectivity index (χ1n) is 23.7. The number of hydrogen-bond donors (Lipinski definition) is 3. The SMILES string of the molecule is CCO[C@H]1C[C@H]2OC[C@@]2(OC(C)=O)C2C(OC(=O)c3ccc(F)cc3)[C@]3(O)C[C@H](OC(=O)[C@H](OC(=O)CCS)[C@@H](NC(=O)c4ccccc4)c4ccccc4)C(C)=C([C@@H](OC(=O)CC)C(=O)[C@@]21C)C3(C)C. The van der Waals surface area contributed by atoms with Gasteiger partial charge in [-0.15, -0.1) is 0 Å². The molecule has 1 heterocycles. The van der Waals surface area contributed by atoms with E-state index in [4.69, 9.17) is 33.2 Å². The van der Waals surface area contributed by atoms with Crippen LogP contribution < -0.4 is 5.32 Å². The topological polar surface area (TPSA) is 216 Å². The Labute approximate surface area is 416 Å². The number of ether oxygens (including phenoxy) is 7. The average molecular weight is 1000 g/mol. The normalized spacial score (nSPS) is 29.2. The van der Waals surface area contributed by atoms with Gasteiger partial charge in [0.25, 0.3) is 5.91 Å². The molecule has 3 aliphatic carbocycles. The van der Waals surface area contributed by atoms with Gasteiger partial charge in [0.2, 0.25) is 6.10 Å². The Balaban J connectivity index is 1.45. The third-order valence-electron chi connectivity index (χ3n) is 14.7. The number of esters is 5. The van der Waals surface area contributed by atoms with Crippen LogP contribution in [0.4, 0.5) is 4.39 Å². The molecule has 0 spiro atoms. The molecule has 16 nitrogen and oxygen atoms in total. The highest BCUT2D eigenvalue weighted by Gasteiger charge is 2.78. The van der Waals surface area contributed by atoms with Crippen LogP contribution in [0.5, 0.6) is 0 Å². The van der Waals surface area contributed by atoms with Crippen molar-refractivity contribution in [2.24, 2.45) is 16.7 Å². The monoisotopic (exact) mass is 1000 g/mol. The molecule has 0 aromatic heterocycles. The number of aliphatic hydroxyl groups is 1. The third-order valence-corrected chi connectivity index (χ3v) is 14.9. The lowest BCUT2D eigenvalue weighted by Gasteiger charge is -2.67. The number of halogens is 1. The van der Waals surface area contributed by atoms with E-state index in [0.29, 0.717) is 5.56 Å². The molecule has 3 aromatic rings. The Bertz CT molecular complexity index is 2560. The first-order valence-corrected chi connectivity index (χ1v) is 24.3. The number of hydrogen-bond acceptors (Lipinski definition) is 16. The second-order valence-electron chi connectivity index (χ2n) is 19.1. The smallest absolute Gasteiger partial charge is 0.350 e. The summed E-state index contributed by atoms with van der Waals surface area (Å²) in [5, 5.41) is 16.9. The third kappa shape index (κ3) is 9.75. The van der Waals surface area contributed by atoms with E-state index < -0.39 is 124 Å². The number of carbonyl (C=O) groups excluding carboxylic acids is 7. The summed E-state index contributed by atoms with van der Waals surface area (Å²) in [5.41, 5.74) is -7.31. The van der Waals surface area contributed by atoms with Gasteiger partial charge in [-0.3, -0.25) is 24.0 Å². The molecule has 4 aliphatic rings. The number of nitrogens with one attached hydrogen (secondary N) is 1. The van der Waals surface area contributed by atoms with Crippen molar-refractivity contribution >= 4 is 54.2 Å². The Morgan fingerprint density at radius 3 is 2.11 bits per heavy atom. The zero-order chi connectivity index (χ0) is 51.6. The lowest BCUT2D eigenvalue weighted by atomic mass is 9.44. The number of fused-ring (bicyclic) bond motifs is 5. The van der Waals surface area contributed by atoms with Crippen LogP contribution in [0.1, 0.15) is 106 Å². The maximum absolute atomic E-state index is 16.1. The molecule has 2 bridgehead atoms. The van der Waals surface area contributed by atoms with Crippen LogP contribution in [0.2, 0.25) is 0 Å². The Morgan fingerprint density at radius 2 is 1.54 bits per heavy atom. The first kappa shape index (κ1) is 52.9. The molecule has 2 unspecified atom stereocenters. The van der Waals surface area contributed by atoms with Crippen molar-refractivity contribution in [3.63, 3.8) is 0 Å². The fourth-order valence-corrected chi connectivity index (χ4v) is 11.2. The Hall–Kier alpha value is -5.95. The maximum atomic E-state index is 16.1. The predicted octanol–water partition coefficient (Wildman–Crippen LogP) is 6.18. The summed E-state index contributed by atoms with van der Waals surface area (Å²) >= 11 is 4.18. The standard InChI is InChI=1S/C53H60FNO15S/c1-8-38(57)67-42-40-29(3)35(66-49(62)43(68-39(58)24-25-71)41(31-16-12-10-13-17-31)55-47(60)32-18-14-11-15-19-32)27-53(63,50(40,5)6)46(69-48(61)33-20-22-34(54)23-21-33)44-51(7,45(42)59)36(64-9-2)26-37-52(44,28-65-37)70-30(4)56/h10-23,35-37,41-44,46,63,71H,8-9,24-28H2,1-7H3,(H,55,60)/t35-,36-,37+,41-,42+,43+,44?,46?,51+,52-,53+/m0/s1. The number of rotatable bonds is 16. The number of thiol groups is 1. The molecule has 1 saturated heterocycles. The van der Waals surface area contributed by atoms with Gasteiger partial charge in [-0.2, -0.15) is 12.6 Å². The van der Waals surface area contributed by atoms with E-state index in [9.17, 15) is 33.5 Å². The van der Waals surface area contributed by atoms with Crippen LogP contribution in [-0.4, -0.2) is 113 Å². The van der Waals surface area contributed by atoms with Crippen molar-refractivity contribution in [1.82, 2.24) is 5.32 Å². The van der Waals surface area contributed by atoms with Crippen molar-refractivity contribution in [2.45, 2.75) is 128 Å². The number of Topliss-reactive ketones (excluding diaryl/α,β-unsaturated/α-hetero) is 1. The largest absolute Gasteiger partial charge is 0.455 e. The summed E-state index contributed by atoms with van der Waals surface area (Å²) < 4.78 is 57.9. The Kier molecular flexibility index (Phi) is 15.7. The van der Waals surface area contributed by atoms with E-state index in [1.165, 1.54) is 26.0 Å². The molecule has 7 rings (SSSR count). The van der Waals surface area contributed by atoms with Crippen molar-refractivity contribution in [2.75, 3.05) is 19.0 Å². The van der Waals surface area contributed by atoms with Gasteiger partial charge < -0.3 is 43.6 Å². The lowest BCUT2D eigenvalue weighted by molar-refractivity contribution is -0.348. The molecule has 1 amide bonds. The molecular weight excluding hydrogens is 942 g/mol. The van der Waals surface area contributed by atoms with Crippen LogP contribution in [0.15, 0.2) is 96.1 Å². The van der Waals surface area contributed by atoms with Gasteiger partial charge in [0.15, 0.2) is 17.5 Å². The van der Waals surface area contributed by atoms with Crippen LogP contribution >= 0.6 is 12.6 Å². The highest BCUT2D eigenvalue weighted by molar-refractivity contribution is 7.80. The predicted molar refractivity (Wildman–Crippen MR) is 254 cm³/mol. The Morgan fingerprint density at radius 1 is 0.887 bits per heavy atom. The van der Waals surface area contributed by atoms with Crippen molar-refractivity contribution in [1.29, 1.82) is 0 Å².